The molecule has 0 radical (unpaired) electrons. The van der Waals surface area contributed by atoms with Crippen LogP contribution in [0.5, 0.6) is 0 Å². The van der Waals surface area contributed by atoms with Crippen LogP contribution < -0.4 is 15.6 Å². The summed E-state index contributed by atoms with van der Waals surface area (Å²) in [4.78, 5) is -0.315. The van der Waals surface area contributed by atoms with Crippen molar-refractivity contribution in [3.63, 3.8) is 0 Å². The van der Waals surface area contributed by atoms with Crippen molar-refractivity contribution in [3.8, 4) is 0 Å². The maximum atomic E-state index is 13.4. The van der Waals surface area contributed by atoms with Gasteiger partial charge in [0.2, 0.25) is 20.0 Å². The third kappa shape index (κ3) is 4.51. The van der Waals surface area contributed by atoms with E-state index in [1.165, 1.54) is 12.1 Å². The summed E-state index contributed by atoms with van der Waals surface area (Å²) >= 11 is 0. The zero-order chi connectivity index (χ0) is 14.7. The highest BCUT2D eigenvalue weighted by atomic mass is 32.2. The molecule has 1 aromatic carbocycles. The maximum Gasteiger partial charge on any atom is 0.241 e. The Kier molecular flexibility index (Phi) is 4.98. The Morgan fingerprint density at radius 3 is 2.37 bits per heavy atom. The average molecular weight is 311 g/mol. The van der Waals surface area contributed by atoms with Gasteiger partial charge in [-0.05, 0) is 12.1 Å². The topological polar surface area (TPSA) is 132 Å². The van der Waals surface area contributed by atoms with Gasteiger partial charge in [0.05, 0.1) is 10.6 Å². The number of halogens is 1. The van der Waals surface area contributed by atoms with Crippen molar-refractivity contribution in [2.24, 2.45) is 10.9 Å². The Morgan fingerprint density at radius 2 is 1.84 bits per heavy atom. The Bertz CT molecular complexity index is 658. The van der Waals surface area contributed by atoms with Crippen LogP contribution in [0.1, 0.15) is 5.56 Å². The molecule has 0 unspecified atom stereocenters. The largest absolute Gasteiger partial charge is 0.326 e. The fourth-order valence-electron chi connectivity index (χ4n) is 1.38. The summed E-state index contributed by atoms with van der Waals surface area (Å²) in [7, 11) is -7.82. The number of primary sulfonamides is 1. The van der Waals surface area contributed by atoms with E-state index in [9.17, 15) is 21.2 Å². The molecule has 0 aliphatic rings. The van der Waals surface area contributed by atoms with E-state index in [2.05, 4.69) is 0 Å². The molecule has 1 rings (SSSR count). The van der Waals surface area contributed by atoms with Crippen LogP contribution >= 0.6 is 0 Å². The summed E-state index contributed by atoms with van der Waals surface area (Å²) in [6, 6.07) is 3.50. The third-order valence-electron chi connectivity index (χ3n) is 2.25. The van der Waals surface area contributed by atoms with Crippen LogP contribution in [-0.4, -0.2) is 29.1 Å². The number of benzene rings is 1. The lowest BCUT2D eigenvalue weighted by Crippen LogP contribution is -2.32. The van der Waals surface area contributed by atoms with Gasteiger partial charge in [-0.2, -0.15) is 0 Å². The van der Waals surface area contributed by atoms with Gasteiger partial charge in [0, 0.05) is 18.7 Å². The number of rotatable bonds is 6. The van der Waals surface area contributed by atoms with Crippen molar-refractivity contribution < 1.29 is 21.2 Å². The van der Waals surface area contributed by atoms with E-state index in [0.717, 1.165) is 6.07 Å². The van der Waals surface area contributed by atoms with Crippen molar-refractivity contribution in [3.05, 3.63) is 29.6 Å². The Balaban J connectivity index is 2.98. The molecule has 0 atom stereocenters. The first-order valence-electron chi connectivity index (χ1n) is 5.15. The molecule has 5 N–H and O–H groups in total. The van der Waals surface area contributed by atoms with Gasteiger partial charge >= 0.3 is 0 Å². The van der Waals surface area contributed by atoms with Crippen molar-refractivity contribution in [1.29, 1.82) is 0 Å². The molecule has 108 valence electrons. The van der Waals surface area contributed by atoms with Crippen LogP contribution in [0.3, 0.4) is 0 Å². The predicted molar refractivity (Wildman–Crippen MR) is 67.5 cm³/mol. The fraction of sp³-hybridized carbons (Fsp3) is 0.333. The second-order valence-corrected chi connectivity index (χ2v) is 7.15. The van der Waals surface area contributed by atoms with E-state index < -0.39 is 38.2 Å². The SMILES string of the molecule is NCc1c(F)cccc1S(=O)(=O)NCCS(N)(=O)=O. The highest BCUT2D eigenvalue weighted by molar-refractivity contribution is 7.90. The first-order chi connectivity index (χ1) is 8.67. The van der Waals surface area contributed by atoms with Crippen LogP contribution in [0, 0.1) is 5.82 Å². The highest BCUT2D eigenvalue weighted by Crippen LogP contribution is 2.18. The molecular weight excluding hydrogens is 297 g/mol. The number of hydrogen-bond acceptors (Lipinski definition) is 5. The number of hydrogen-bond donors (Lipinski definition) is 3. The molecule has 0 saturated heterocycles. The summed E-state index contributed by atoms with van der Waals surface area (Å²) in [5, 5.41) is 4.74. The number of sulfonamides is 2. The molecule has 0 aromatic heterocycles. The van der Waals surface area contributed by atoms with E-state index >= 15 is 0 Å². The van der Waals surface area contributed by atoms with Crippen LogP contribution in [0.4, 0.5) is 4.39 Å². The lowest BCUT2D eigenvalue weighted by Gasteiger charge is -2.10. The molecule has 0 aliphatic heterocycles. The van der Waals surface area contributed by atoms with Gasteiger partial charge < -0.3 is 5.73 Å². The molecule has 0 fully saturated rings. The van der Waals surface area contributed by atoms with E-state index in [1.807, 2.05) is 4.72 Å². The minimum atomic E-state index is -4.04. The first-order valence-corrected chi connectivity index (χ1v) is 8.35. The zero-order valence-electron chi connectivity index (χ0n) is 9.84. The maximum absolute atomic E-state index is 13.4. The molecule has 0 amide bonds. The Labute approximate surface area is 110 Å². The average Bonchev–Trinajstić information content (AvgIpc) is 2.26. The van der Waals surface area contributed by atoms with Gasteiger partial charge in [0.15, 0.2) is 0 Å². The van der Waals surface area contributed by atoms with Gasteiger partial charge in [-0.1, -0.05) is 6.07 Å². The van der Waals surface area contributed by atoms with Crippen LogP contribution in [-0.2, 0) is 26.6 Å². The summed E-state index contributed by atoms with van der Waals surface area (Å²) in [5.41, 5.74) is 5.14. The summed E-state index contributed by atoms with van der Waals surface area (Å²) in [6.45, 7) is -0.695. The number of nitrogens with two attached hydrogens (primary N) is 2. The molecule has 1 aromatic rings. The van der Waals surface area contributed by atoms with Gasteiger partial charge in [0.1, 0.15) is 5.82 Å². The normalized spacial score (nSPS) is 12.6. The molecule has 0 spiro atoms. The van der Waals surface area contributed by atoms with Crippen molar-refractivity contribution in [1.82, 2.24) is 4.72 Å². The van der Waals surface area contributed by atoms with E-state index in [-0.39, 0.29) is 17.0 Å². The van der Waals surface area contributed by atoms with E-state index in [0.29, 0.717) is 0 Å². The minimum absolute atomic E-state index is 0.161. The standard InChI is InChI=1S/C9H14FN3O4S2/c10-8-2-1-3-9(7(8)6-11)19(16,17)13-4-5-18(12,14)15/h1-3,13H,4-6,11H2,(H2,12,14,15). The Morgan fingerprint density at radius 1 is 1.21 bits per heavy atom. The molecule has 10 heteroatoms. The van der Waals surface area contributed by atoms with E-state index in [1.54, 1.807) is 0 Å². The second kappa shape index (κ2) is 5.92. The third-order valence-corrected chi connectivity index (χ3v) is 4.57. The monoisotopic (exact) mass is 311 g/mol. The van der Waals surface area contributed by atoms with Gasteiger partial charge in [-0.15, -0.1) is 0 Å². The van der Waals surface area contributed by atoms with Crippen molar-refractivity contribution >= 4 is 20.0 Å². The molecular formula is C9H14FN3O4S2. The second-order valence-electron chi connectivity index (χ2n) is 3.69. The van der Waals surface area contributed by atoms with Crippen LogP contribution in [0.2, 0.25) is 0 Å². The van der Waals surface area contributed by atoms with Gasteiger partial charge in [0.25, 0.3) is 0 Å². The molecule has 0 bridgehead atoms. The molecule has 0 heterocycles. The molecule has 7 nitrogen and oxygen atoms in total. The van der Waals surface area contributed by atoms with Crippen molar-refractivity contribution in [2.75, 3.05) is 12.3 Å². The highest BCUT2D eigenvalue weighted by Gasteiger charge is 2.20. The fourth-order valence-corrected chi connectivity index (χ4v) is 3.19. The molecule has 0 aliphatic carbocycles. The quantitative estimate of drug-likeness (QED) is 0.610. The van der Waals surface area contributed by atoms with Crippen molar-refractivity contribution in [2.45, 2.75) is 11.4 Å². The zero-order valence-corrected chi connectivity index (χ0v) is 11.5. The summed E-state index contributed by atoms with van der Waals surface area (Å²) in [6.07, 6.45) is 0. The summed E-state index contributed by atoms with van der Waals surface area (Å²) in [5.74, 6) is -1.30. The van der Waals surface area contributed by atoms with Gasteiger partial charge in [-0.3, -0.25) is 0 Å². The Hall–Kier alpha value is -1.07. The van der Waals surface area contributed by atoms with E-state index in [4.69, 9.17) is 10.9 Å². The molecule has 0 saturated carbocycles. The minimum Gasteiger partial charge on any atom is -0.326 e. The summed E-state index contributed by atoms with van der Waals surface area (Å²) < 4.78 is 60.6. The van der Waals surface area contributed by atoms with Crippen LogP contribution in [0.25, 0.3) is 0 Å². The number of nitrogens with one attached hydrogen (secondary N) is 1. The first kappa shape index (κ1) is 16.0. The lowest BCUT2D eigenvalue weighted by atomic mass is 10.2. The van der Waals surface area contributed by atoms with Crippen LogP contribution in [0.15, 0.2) is 23.1 Å². The predicted octanol–water partition coefficient (Wildman–Crippen LogP) is -1.15. The van der Waals surface area contributed by atoms with Gasteiger partial charge in [-0.25, -0.2) is 31.1 Å². The lowest BCUT2D eigenvalue weighted by molar-refractivity contribution is 0.572. The smallest absolute Gasteiger partial charge is 0.241 e. The molecule has 19 heavy (non-hydrogen) atoms.